The predicted molar refractivity (Wildman–Crippen MR) is 341 cm³/mol. The molecule has 2 aliphatic heterocycles. The van der Waals surface area contributed by atoms with Crippen molar-refractivity contribution in [2.24, 2.45) is 0 Å². The molecule has 0 aliphatic carbocycles. The molecule has 512 valence electrons. The summed E-state index contributed by atoms with van der Waals surface area (Å²) in [5.74, 6) is -1.22. The van der Waals surface area contributed by atoms with Gasteiger partial charge in [-0.3, -0.25) is 23.4 Å². The van der Waals surface area contributed by atoms with Gasteiger partial charge < -0.3 is 64.2 Å². The molecule has 0 bridgehead atoms. The maximum absolute atomic E-state index is 14.1. The Kier molecular flexibility index (Phi) is 52.3. The first-order valence-electron chi connectivity index (χ1n) is 34.1. The second-order valence-corrected chi connectivity index (χ2v) is 25.6. The number of aliphatic hydroxyl groups is 1. The molecular weight excluding hydrogens is 1160 g/mol. The number of Topliss-reactive ketones (excluding diaryl/α,β-unsaturated/α-hetero) is 1. The Labute approximate surface area is 527 Å². The third-order valence-corrected chi connectivity index (χ3v) is 17.3. The van der Waals surface area contributed by atoms with Crippen molar-refractivity contribution in [1.29, 1.82) is 0 Å². The van der Waals surface area contributed by atoms with Gasteiger partial charge in [-0.05, 0) is 57.8 Å². The van der Waals surface area contributed by atoms with Crippen LogP contribution in [-0.2, 0) is 65.7 Å². The fraction of sp³-hybridized carbons (Fsp3) is 0.923. The molecule has 22 heteroatoms. The summed E-state index contributed by atoms with van der Waals surface area (Å²) in [5.41, 5.74) is 0. The van der Waals surface area contributed by atoms with Gasteiger partial charge in [0, 0.05) is 40.3 Å². The summed E-state index contributed by atoms with van der Waals surface area (Å²) in [7, 11) is -2.98. The second-order valence-electron chi connectivity index (χ2n) is 24.1. The average Bonchev–Trinajstić information content (AvgIpc) is 1.13. The smallest absolute Gasteiger partial charge is 0.412 e. The van der Waals surface area contributed by atoms with Gasteiger partial charge in [0.2, 0.25) is 11.8 Å². The number of aliphatic hydroxyl groups excluding tert-OH is 1. The van der Waals surface area contributed by atoms with Crippen LogP contribution in [0.1, 0.15) is 278 Å². The van der Waals surface area contributed by atoms with Gasteiger partial charge in [0.15, 0.2) is 12.6 Å². The van der Waals surface area contributed by atoms with E-state index in [0.29, 0.717) is 25.7 Å². The minimum atomic E-state index is -5.22. The van der Waals surface area contributed by atoms with E-state index in [4.69, 9.17) is 42.2 Å². The van der Waals surface area contributed by atoms with Crippen LogP contribution < -0.4 is 10.6 Å². The molecule has 2 heterocycles. The van der Waals surface area contributed by atoms with Crippen molar-refractivity contribution in [3.63, 3.8) is 0 Å². The van der Waals surface area contributed by atoms with Crippen molar-refractivity contribution >= 4 is 34.1 Å². The summed E-state index contributed by atoms with van der Waals surface area (Å²) < 4.78 is 79.6. The minimum absolute atomic E-state index is 0. The number of carbonyl (C=O) groups is 3. The summed E-state index contributed by atoms with van der Waals surface area (Å²) in [4.78, 5) is 61.5. The lowest BCUT2D eigenvalue weighted by Crippen LogP contribution is -2.67. The van der Waals surface area contributed by atoms with E-state index in [0.717, 1.165) is 141 Å². The van der Waals surface area contributed by atoms with E-state index in [2.05, 4.69) is 50.5 Å². The number of amides is 2. The summed E-state index contributed by atoms with van der Waals surface area (Å²) in [6.07, 6.45) is 31.2. The van der Waals surface area contributed by atoms with Crippen molar-refractivity contribution in [3.8, 4) is 0 Å². The third kappa shape index (κ3) is 40.0. The molecule has 0 aromatic heterocycles. The highest BCUT2D eigenvalue weighted by atomic mass is 31.2. The lowest BCUT2D eigenvalue weighted by Gasteiger charge is -2.47. The van der Waals surface area contributed by atoms with Crippen molar-refractivity contribution in [3.05, 3.63) is 12.2 Å². The summed E-state index contributed by atoms with van der Waals surface area (Å²) >= 11 is 0. The number of rotatable bonds is 58. The molecule has 4 unspecified atom stereocenters. The quantitative estimate of drug-likeness (QED) is 0.0164. The molecule has 0 spiro atoms. The number of hydrogen-bond donors (Lipinski definition) is 5. The number of hydrogen-bond acceptors (Lipinski definition) is 15. The van der Waals surface area contributed by atoms with Crippen LogP contribution in [0.25, 0.3) is 0 Å². The van der Waals surface area contributed by atoms with Gasteiger partial charge in [-0.1, -0.05) is 213 Å². The van der Waals surface area contributed by atoms with Crippen LogP contribution in [0, 0.1) is 0 Å². The molecule has 87 heavy (non-hydrogen) atoms. The number of allylic oxidation sites excluding steroid dienone is 2. The van der Waals surface area contributed by atoms with Gasteiger partial charge in [-0.15, -0.1) is 0 Å². The standard InChI is InChI=1S/C65H122N2O17P2.H2O/c1-7-11-15-19-22-25-26-27-28-29-30-31-33-37-41-45-56(69)66-59-63(79-48-46-53(77-6)44-40-35-18-14-10-4)61(84-86(73,74)75)55(50-76-5)82-64(59)80-51-54-60(71)62(78-47-42-38-34-24-21-17-13-9-3)58(65(81-54)83-85-72)67-57(70)49-52(68)43-39-36-32-23-20-16-12-8-2;/h25-26,53-55,58-65,71H,7-24,27-51H2,1-6H3,(H,66,69)(H,67,70)(H2,73,74,75);1H2/b26-25-;/t53-,54?,55?,58-,59-,60-,61-,62?,63-,64?,65-;/m1./s1. The SMILES string of the molecule is CCCCCC/C=C\CCCCCCCCCC(=O)N[C@H]1C(OCC2O[C@H](OP=O)[C@H](NC(=O)CC(=O)CCCCCCCCCC)C(OCCCCCCCCCC)[C@@H]2O)OC(COC)[C@@H](OP(=O)(O)O)[C@@H]1OCC[C@@H](CCCCCCC)OC.O. The van der Waals surface area contributed by atoms with Crippen LogP contribution >= 0.6 is 16.5 Å². The van der Waals surface area contributed by atoms with Crippen LogP contribution in [0.3, 0.4) is 0 Å². The summed E-state index contributed by atoms with van der Waals surface area (Å²) in [6, 6.07) is -2.43. The fourth-order valence-electron chi connectivity index (χ4n) is 11.4. The van der Waals surface area contributed by atoms with Crippen LogP contribution in [0.5, 0.6) is 0 Å². The van der Waals surface area contributed by atoms with Crippen LogP contribution in [0.2, 0.25) is 0 Å². The number of methoxy groups -OCH3 is 2. The van der Waals surface area contributed by atoms with E-state index in [1.807, 2.05) is 0 Å². The van der Waals surface area contributed by atoms with Gasteiger partial charge in [-0.2, -0.15) is 0 Å². The zero-order valence-corrected chi connectivity index (χ0v) is 56.7. The maximum atomic E-state index is 14.1. The number of phosphoric ester groups is 1. The van der Waals surface area contributed by atoms with Crippen LogP contribution in [0.4, 0.5) is 0 Å². The first-order chi connectivity index (χ1) is 41.8. The molecular formula is C65H124N2O18P2. The summed E-state index contributed by atoms with van der Waals surface area (Å²) in [5, 5.41) is 18.1. The molecule has 11 atom stereocenters. The van der Waals surface area contributed by atoms with E-state index < -0.39 is 96.7 Å². The van der Waals surface area contributed by atoms with E-state index in [9.17, 15) is 38.4 Å². The Hall–Kier alpha value is -1.84. The lowest BCUT2D eigenvalue weighted by molar-refractivity contribution is -0.299. The highest BCUT2D eigenvalue weighted by Crippen LogP contribution is 2.43. The van der Waals surface area contributed by atoms with Crippen molar-refractivity contribution in [1.82, 2.24) is 10.6 Å². The zero-order valence-electron chi connectivity index (χ0n) is 54.9. The Morgan fingerprint density at radius 2 is 1.01 bits per heavy atom. The van der Waals surface area contributed by atoms with E-state index >= 15 is 0 Å². The van der Waals surface area contributed by atoms with E-state index in [-0.39, 0.29) is 55.9 Å². The van der Waals surface area contributed by atoms with Gasteiger partial charge in [0.05, 0.1) is 25.7 Å². The Morgan fingerprint density at radius 1 is 0.540 bits per heavy atom. The average molecular weight is 1280 g/mol. The molecule has 20 nitrogen and oxygen atoms in total. The normalized spacial score (nSPS) is 22.8. The molecule has 2 saturated heterocycles. The zero-order chi connectivity index (χ0) is 62.9. The molecule has 0 saturated carbocycles. The van der Waals surface area contributed by atoms with Crippen LogP contribution in [-0.4, -0.2) is 146 Å². The number of phosphoric acid groups is 1. The maximum Gasteiger partial charge on any atom is 0.470 e. The van der Waals surface area contributed by atoms with Crippen LogP contribution in [0.15, 0.2) is 12.2 Å². The molecule has 0 aromatic carbocycles. The molecule has 7 N–H and O–H groups in total. The first-order valence-corrected chi connectivity index (χ1v) is 36.4. The second kappa shape index (κ2) is 54.7. The van der Waals surface area contributed by atoms with E-state index in [1.165, 1.54) is 71.3 Å². The Morgan fingerprint density at radius 3 is 1.55 bits per heavy atom. The molecule has 2 fully saturated rings. The van der Waals surface area contributed by atoms with E-state index in [1.54, 1.807) is 7.11 Å². The molecule has 2 amide bonds. The predicted octanol–water partition coefficient (Wildman–Crippen LogP) is 13.5. The number of unbranched alkanes of at least 4 members (excludes halogenated alkanes) is 29. The van der Waals surface area contributed by atoms with Gasteiger partial charge in [-0.25, -0.2) is 9.13 Å². The number of carbonyl (C=O) groups excluding carboxylic acids is 3. The van der Waals surface area contributed by atoms with Crippen molar-refractivity contribution in [2.45, 2.75) is 345 Å². The third-order valence-electron chi connectivity index (χ3n) is 16.5. The lowest BCUT2D eigenvalue weighted by atomic mass is 9.95. The number of nitrogens with one attached hydrogen (secondary N) is 2. The highest BCUT2D eigenvalue weighted by molar-refractivity contribution is 7.46. The fourth-order valence-corrected chi connectivity index (χ4v) is 12.3. The molecule has 2 aliphatic rings. The highest BCUT2D eigenvalue weighted by Gasteiger charge is 2.53. The first kappa shape index (κ1) is 83.2. The molecule has 0 radical (unpaired) electrons. The Balaban J connectivity index is 0.0000378. The Bertz CT molecular complexity index is 1770. The van der Waals surface area contributed by atoms with Crippen molar-refractivity contribution < 1.29 is 86.1 Å². The minimum Gasteiger partial charge on any atom is -0.412 e. The molecule has 2 rings (SSSR count). The summed E-state index contributed by atoms with van der Waals surface area (Å²) in [6.45, 7) is 8.35. The van der Waals surface area contributed by atoms with Gasteiger partial charge >= 0.3 is 16.5 Å². The monoisotopic (exact) mass is 1280 g/mol. The number of ether oxygens (including phenoxy) is 7. The topological polar surface area (TPSA) is 285 Å². The van der Waals surface area contributed by atoms with Gasteiger partial charge in [0.1, 0.15) is 54.5 Å². The van der Waals surface area contributed by atoms with Gasteiger partial charge in [0.25, 0.3) is 0 Å². The largest absolute Gasteiger partial charge is 0.470 e. The van der Waals surface area contributed by atoms with Crippen molar-refractivity contribution in [2.75, 3.05) is 40.6 Å². The number of ketones is 1. The molecule has 0 aromatic rings.